The van der Waals surface area contributed by atoms with Gasteiger partial charge in [0, 0.05) is 36.3 Å². The van der Waals surface area contributed by atoms with Crippen molar-refractivity contribution in [2.24, 2.45) is 0 Å². The van der Waals surface area contributed by atoms with Crippen LogP contribution in [0.1, 0.15) is 29.5 Å². The van der Waals surface area contributed by atoms with Crippen LogP contribution in [0.5, 0.6) is 0 Å². The minimum absolute atomic E-state index is 0.0633. The quantitative estimate of drug-likeness (QED) is 0.397. The number of sulfonamides is 1. The van der Waals surface area contributed by atoms with Crippen molar-refractivity contribution in [1.82, 2.24) is 19.3 Å². The third-order valence-electron chi connectivity index (χ3n) is 6.15. The van der Waals surface area contributed by atoms with E-state index in [0.29, 0.717) is 23.4 Å². The molecule has 0 fully saturated rings. The van der Waals surface area contributed by atoms with E-state index in [9.17, 15) is 18.0 Å². The van der Waals surface area contributed by atoms with E-state index >= 15 is 0 Å². The van der Waals surface area contributed by atoms with Crippen molar-refractivity contribution in [3.63, 3.8) is 0 Å². The number of nitrogens with one attached hydrogen (secondary N) is 2. The van der Waals surface area contributed by atoms with E-state index < -0.39 is 15.9 Å². The molecule has 184 valence electrons. The molecule has 1 aliphatic carbocycles. The lowest BCUT2D eigenvalue weighted by Gasteiger charge is -2.13. The molecule has 0 unspecified atom stereocenters. The molecule has 1 amide bonds. The van der Waals surface area contributed by atoms with Crippen molar-refractivity contribution >= 4 is 38.6 Å². The second kappa shape index (κ2) is 9.54. The van der Waals surface area contributed by atoms with E-state index in [-0.39, 0.29) is 11.8 Å². The number of fused-ring (bicyclic) bond motifs is 2. The van der Waals surface area contributed by atoms with Gasteiger partial charge in [-0.25, -0.2) is 13.4 Å². The van der Waals surface area contributed by atoms with Gasteiger partial charge >= 0.3 is 0 Å². The van der Waals surface area contributed by atoms with Crippen LogP contribution in [0.4, 0.5) is 11.6 Å². The topological polar surface area (TPSA) is 123 Å². The number of rotatable bonds is 7. The Labute approximate surface area is 208 Å². The van der Waals surface area contributed by atoms with Crippen molar-refractivity contribution in [3.8, 4) is 5.69 Å². The minimum atomic E-state index is -3.56. The van der Waals surface area contributed by atoms with Gasteiger partial charge in [-0.05, 0) is 66.6 Å². The SMILES string of the molecule is CS(=O)(=O)NC(=O)CCc1ccc(Nc2ncc3c(=O)ccn(-c4ccc5c(c4)CCC5)c3n2)cc1. The molecule has 2 aromatic heterocycles. The molecule has 0 atom stereocenters. The van der Waals surface area contributed by atoms with E-state index in [1.54, 1.807) is 6.20 Å². The van der Waals surface area contributed by atoms with Gasteiger partial charge in [-0.3, -0.25) is 14.3 Å². The summed E-state index contributed by atoms with van der Waals surface area (Å²) in [7, 11) is -3.56. The summed E-state index contributed by atoms with van der Waals surface area (Å²) in [5, 5.41) is 3.60. The standard InChI is InChI=1S/C26H25N5O4S/c1-36(34,35)30-24(33)12-7-17-5-9-20(10-6-17)28-26-27-16-22-23(32)13-14-31(25(22)29-26)21-11-8-18-3-2-4-19(18)15-21/h5-6,8-11,13-16H,2-4,7,12H2,1H3,(H,30,33)(H,27,28,29). The number of carbonyl (C=O) groups excluding carboxylic acids is 1. The smallest absolute Gasteiger partial charge is 0.233 e. The first kappa shape index (κ1) is 23.7. The molecule has 9 nitrogen and oxygen atoms in total. The lowest BCUT2D eigenvalue weighted by molar-refractivity contribution is -0.119. The zero-order chi connectivity index (χ0) is 25.3. The number of pyridine rings is 1. The first-order chi connectivity index (χ1) is 17.2. The van der Waals surface area contributed by atoms with Crippen LogP contribution in [0.15, 0.2) is 65.7 Å². The highest BCUT2D eigenvalue weighted by molar-refractivity contribution is 7.89. The normalized spacial score (nSPS) is 12.9. The van der Waals surface area contributed by atoms with Gasteiger partial charge in [-0.2, -0.15) is 4.98 Å². The Morgan fingerprint density at radius 2 is 1.83 bits per heavy atom. The van der Waals surface area contributed by atoms with Crippen molar-refractivity contribution in [2.45, 2.75) is 32.1 Å². The molecule has 0 radical (unpaired) electrons. The van der Waals surface area contributed by atoms with Gasteiger partial charge in [0.15, 0.2) is 11.1 Å². The summed E-state index contributed by atoms with van der Waals surface area (Å²) in [5.41, 5.74) is 5.66. The van der Waals surface area contributed by atoms with Crippen LogP contribution in [0, 0.1) is 0 Å². The molecule has 0 saturated heterocycles. The second-order valence-electron chi connectivity index (χ2n) is 8.91. The lowest BCUT2D eigenvalue weighted by atomic mass is 10.1. The van der Waals surface area contributed by atoms with E-state index in [2.05, 4.69) is 33.5 Å². The fraction of sp³-hybridized carbons (Fsp3) is 0.231. The van der Waals surface area contributed by atoms with E-state index in [4.69, 9.17) is 0 Å². The average Bonchev–Trinajstić information content (AvgIpc) is 3.31. The zero-order valence-electron chi connectivity index (χ0n) is 19.7. The number of amides is 1. The summed E-state index contributed by atoms with van der Waals surface area (Å²) in [6.45, 7) is 0. The predicted molar refractivity (Wildman–Crippen MR) is 138 cm³/mol. The molecule has 0 aliphatic heterocycles. The van der Waals surface area contributed by atoms with Crippen LogP contribution in [0.2, 0.25) is 0 Å². The molecule has 10 heteroatoms. The first-order valence-electron chi connectivity index (χ1n) is 11.6. The van der Waals surface area contributed by atoms with Crippen LogP contribution in [0.25, 0.3) is 16.7 Å². The van der Waals surface area contributed by atoms with Crippen molar-refractivity contribution < 1.29 is 13.2 Å². The average molecular weight is 504 g/mol. The fourth-order valence-electron chi connectivity index (χ4n) is 4.41. The van der Waals surface area contributed by atoms with Gasteiger partial charge in [0.25, 0.3) is 0 Å². The van der Waals surface area contributed by atoms with Gasteiger partial charge in [0.05, 0.1) is 11.6 Å². The molecule has 2 aromatic carbocycles. The molecule has 2 N–H and O–H groups in total. The predicted octanol–water partition coefficient (Wildman–Crippen LogP) is 3.02. The number of nitrogens with zero attached hydrogens (tertiary/aromatic N) is 3. The number of anilines is 2. The minimum Gasteiger partial charge on any atom is -0.324 e. The Morgan fingerprint density at radius 1 is 1.06 bits per heavy atom. The van der Waals surface area contributed by atoms with Crippen LogP contribution < -0.4 is 15.5 Å². The Bertz CT molecular complexity index is 1630. The second-order valence-corrected chi connectivity index (χ2v) is 10.7. The Morgan fingerprint density at radius 3 is 2.61 bits per heavy atom. The zero-order valence-corrected chi connectivity index (χ0v) is 20.5. The number of hydrogen-bond donors (Lipinski definition) is 2. The Balaban J connectivity index is 1.36. The summed E-state index contributed by atoms with van der Waals surface area (Å²) >= 11 is 0. The van der Waals surface area contributed by atoms with Crippen LogP contribution in [0.3, 0.4) is 0 Å². The molecule has 5 rings (SSSR count). The molecular weight excluding hydrogens is 478 g/mol. The van der Waals surface area contributed by atoms with Crippen LogP contribution in [-0.2, 0) is 34.1 Å². The van der Waals surface area contributed by atoms with Crippen LogP contribution in [-0.4, -0.2) is 35.1 Å². The van der Waals surface area contributed by atoms with E-state index in [1.165, 1.54) is 23.4 Å². The Kier molecular flexibility index (Phi) is 6.27. The monoisotopic (exact) mass is 503 g/mol. The highest BCUT2D eigenvalue weighted by Crippen LogP contribution is 2.26. The number of benzene rings is 2. The summed E-state index contributed by atoms with van der Waals surface area (Å²) in [6, 6.07) is 15.2. The van der Waals surface area contributed by atoms with Gasteiger partial charge in [-0.15, -0.1) is 0 Å². The summed E-state index contributed by atoms with van der Waals surface area (Å²) in [6.07, 6.45) is 8.01. The van der Waals surface area contributed by atoms with Gasteiger partial charge < -0.3 is 9.88 Å². The third-order valence-corrected chi connectivity index (χ3v) is 6.75. The number of aryl methyl sites for hydroxylation is 3. The molecule has 1 aliphatic rings. The summed E-state index contributed by atoms with van der Waals surface area (Å²) < 4.78 is 26.2. The molecule has 0 spiro atoms. The maximum absolute atomic E-state index is 12.5. The van der Waals surface area contributed by atoms with Gasteiger partial charge in [0.1, 0.15) is 0 Å². The number of aromatic nitrogens is 3. The molecular formula is C26H25N5O4S. The van der Waals surface area contributed by atoms with Crippen molar-refractivity contribution in [1.29, 1.82) is 0 Å². The van der Waals surface area contributed by atoms with Gasteiger partial charge in [0.2, 0.25) is 21.9 Å². The maximum Gasteiger partial charge on any atom is 0.233 e. The van der Waals surface area contributed by atoms with E-state index in [0.717, 1.165) is 42.5 Å². The maximum atomic E-state index is 12.5. The molecule has 2 heterocycles. The number of carbonyl (C=O) groups is 1. The fourth-order valence-corrected chi connectivity index (χ4v) is 4.92. The molecule has 36 heavy (non-hydrogen) atoms. The van der Waals surface area contributed by atoms with Gasteiger partial charge in [-0.1, -0.05) is 18.2 Å². The largest absolute Gasteiger partial charge is 0.324 e. The molecule has 0 bridgehead atoms. The molecule has 4 aromatic rings. The number of hydrogen-bond acceptors (Lipinski definition) is 7. The highest BCUT2D eigenvalue weighted by Gasteiger charge is 2.14. The third kappa shape index (κ3) is 5.28. The highest BCUT2D eigenvalue weighted by atomic mass is 32.2. The van der Waals surface area contributed by atoms with E-state index in [1.807, 2.05) is 33.6 Å². The molecule has 0 saturated carbocycles. The lowest BCUT2D eigenvalue weighted by Crippen LogP contribution is -2.29. The van der Waals surface area contributed by atoms with Crippen LogP contribution >= 0.6 is 0 Å². The summed E-state index contributed by atoms with van der Waals surface area (Å²) in [4.78, 5) is 33.2. The van der Waals surface area contributed by atoms with Crippen molar-refractivity contribution in [3.05, 3.63) is 87.8 Å². The van der Waals surface area contributed by atoms with Crippen molar-refractivity contribution in [2.75, 3.05) is 11.6 Å². The summed E-state index contributed by atoms with van der Waals surface area (Å²) in [5.74, 6) is -0.193. The first-order valence-corrected chi connectivity index (χ1v) is 13.5. The Hall–Kier alpha value is -4.05.